The molecule has 0 saturated carbocycles. The molecule has 0 bridgehead atoms. The van der Waals surface area contributed by atoms with Gasteiger partial charge in [-0.15, -0.1) is 5.10 Å². The maximum Gasteiger partial charge on any atom is 0.247 e. The van der Waals surface area contributed by atoms with Crippen LogP contribution in [0.5, 0.6) is 0 Å². The Morgan fingerprint density at radius 2 is 2.03 bits per heavy atom. The lowest BCUT2D eigenvalue weighted by Gasteiger charge is -2.31. The van der Waals surface area contributed by atoms with E-state index >= 15 is 0 Å². The van der Waals surface area contributed by atoms with Crippen molar-refractivity contribution in [1.29, 1.82) is 0 Å². The van der Waals surface area contributed by atoms with Gasteiger partial charge in [0.25, 0.3) is 0 Å². The van der Waals surface area contributed by atoms with Crippen molar-refractivity contribution < 1.29 is 14.3 Å². The van der Waals surface area contributed by atoms with Gasteiger partial charge in [-0.25, -0.2) is 0 Å². The van der Waals surface area contributed by atoms with E-state index in [1.165, 1.54) is 17.1 Å². The number of amides is 2. The molecular weight excluding hydrogens is 529 g/mol. The first-order valence-corrected chi connectivity index (χ1v) is 13.1. The van der Waals surface area contributed by atoms with Crippen LogP contribution >= 0.6 is 23.2 Å². The summed E-state index contributed by atoms with van der Waals surface area (Å²) in [5.41, 5.74) is 1.95. The summed E-state index contributed by atoms with van der Waals surface area (Å²) in [5.74, 6) is -0.512. The Kier molecular flexibility index (Phi) is 8.33. The van der Waals surface area contributed by atoms with Crippen LogP contribution in [0.25, 0.3) is 11.8 Å². The van der Waals surface area contributed by atoms with Gasteiger partial charge in [-0.1, -0.05) is 35.4 Å². The number of tetrazole rings is 1. The second-order valence-corrected chi connectivity index (χ2v) is 10.0. The molecule has 10 nitrogen and oxygen atoms in total. The van der Waals surface area contributed by atoms with Crippen LogP contribution in [0, 0.1) is 0 Å². The molecule has 0 radical (unpaired) electrons. The molecule has 1 aromatic carbocycles. The molecule has 2 aromatic rings. The number of halogens is 2. The van der Waals surface area contributed by atoms with Crippen molar-refractivity contribution in [2.75, 3.05) is 32.8 Å². The van der Waals surface area contributed by atoms with Gasteiger partial charge in [-0.3, -0.25) is 14.5 Å². The minimum Gasteiger partial charge on any atom is -0.379 e. The van der Waals surface area contributed by atoms with Gasteiger partial charge in [-0.05, 0) is 59.7 Å². The largest absolute Gasteiger partial charge is 0.379 e. The Balaban J connectivity index is 1.37. The number of allylic oxidation sites excluding steroid dienone is 5. The molecule has 198 valence electrons. The van der Waals surface area contributed by atoms with Crippen LogP contribution in [0.4, 0.5) is 0 Å². The highest BCUT2D eigenvalue weighted by Crippen LogP contribution is 2.26. The summed E-state index contributed by atoms with van der Waals surface area (Å²) < 4.78 is 6.99. The Morgan fingerprint density at radius 3 is 2.82 bits per heavy atom. The second kappa shape index (κ2) is 12.0. The zero-order valence-corrected chi connectivity index (χ0v) is 22.1. The normalized spacial score (nSPS) is 22.3. The van der Waals surface area contributed by atoms with Gasteiger partial charge in [0.1, 0.15) is 12.4 Å². The van der Waals surface area contributed by atoms with Gasteiger partial charge in [0.05, 0.1) is 18.9 Å². The van der Waals surface area contributed by atoms with E-state index in [4.69, 9.17) is 27.9 Å². The van der Waals surface area contributed by atoms with E-state index in [-0.39, 0.29) is 17.9 Å². The van der Waals surface area contributed by atoms with Crippen molar-refractivity contribution in [3.05, 3.63) is 76.2 Å². The zero-order chi connectivity index (χ0) is 26.5. The van der Waals surface area contributed by atoms with Crippen LogP contribution in [-0.4, -0.2) is 86.8 Å². The molecule has 38 heavy (non-hydrogen) atoms. The third-order valence-electron chi connectivity index (χ3n) is 6.73. The van der Waals surface area contributed by atoms with E-state index in [1.54, 1.807) is 41.3 Å². The molecule has 12 heteroatoms. The highest BCUT2D eigenvalue weighted by atomic mass is 35.5. The van der Waals surface area contributed by atoms with E-state index in [9.17, 15) is 9.59 Å². The highest BCUT2D eigenvalue weighted by Gasteiger charge is 2.41. The lowest BCUT2D eigenvalue weighted by Crippen LogP contribution is -2.45. The fourth-order valence-electron chi connectivity index (χ4n) is 4.85. The topological polar surface area (TPSA) is 105 Å². The molecular formula is C26H27Cl2N7O3. The van der Waals surface area contributed by atoms with Crippen molar-refractivity contribution >= 4 is 41.1 Å². The molecule has 3 heterocycles. The average Bonchev–Trinajstić information content (AvgIpc) is 3.57. The van der Waals surface area contributed by atoms with Crippen molar-refractivity contribution in [2.24, 2.45) is 0 Å². The number of nitrogens with one attached hydrogen (secondary N) is 1. The van der Waals surface area contributed by atoms with E-state index < -0.39 is 6.04 Å². The average molecular weight is 556 g/mol. The van der Waals surface area contributed by atoms with Gasteiger partial charge in [0, 0.05) is 53.1 Å². The van der Waals surface area contributed by atoms with E-state index in [2.05, 4.69) is 25.7 Å². The molecule has 0 spiro atoms. The first-order chi connectivity index (χ1) is 18.5. The summed E-state index contributed by atoms with van der Waals surface area (Å²) in [7, 11) is 0. The molecule has 2 fully saturated rings. The molecule has 1 aromatic heterocycles. The van der Waals surface area contributed by atoms with E-state index in [1.807, 2.05) is 12.2 Å². The summed E-state index contributed by atoms with van der Waals surface area (Å²) in [6.07, 6.45) is 13.1. The molecule has 5 rings (SSSR count). The number of ether oxygens (including phenoxy) is 1. The van der Waals surface area contributed by atoms with Gasteiger partial charge in [0.2, 0.25) is 11.8 Å². The van der Waals surface area contributed by atoms with Crippen LogP contribution in [0.1, 0.15) is 18.4 Å². The molecule has 1 aliphatic carbocycles. The summed E-state index contributed by atoms with van der Waals surface area (Å²) in [4.78, 5) is 30.9. The number of hydrogen-bond acceptors (Lipinski definition) is 7. The van der Waals surface area contributed by atoms with Crippen LogP contribution in [0.3, 0.4) is 0 Å². The smallest absolute Gasteiger partial charge is 0.247 e. The minimum atomic E-state index is -0.636. The summed E-state index contributed by atoms with van der Waals surface area (Å²) in [6, 6.07) is 4.65. The summed E-state index contributed by atoms with van der Waals surface area (Å²) in [5, 5.41) is 15.3. The SMILES string of the molecule is O=C(NC1=CCC=CC(Cl)=C1)C1CC(N2CCOCC2)CN1C(=O)/C=C/c1cc(Cl)ccc1-n1cnnn1. The monoisotopic (exact) mass is 555 g/mol. The molecule has 1 N–H and O–H groups in total. The number of nitrogens with zero attached hydrogens (tertiary/aromatic N) is 6. The molecule has 2 amide bonds. The minimum absolute atomic E-state index is 0.0545. The van der Waals surface area contributed by atoms with Crippen LogP contribution in [0.15, 0.2) is 65.6 Å². The van der Waals surface area contributed by atoms with Gasteiger partial charge < -0.3 is 15.0 Å². The van der Waals surface area contributed by atoms with Gasteiger partial charge >= 0.3 is 0 Å². The van der Waals surface area contributed by atoms with Crippen molar-refractivity contribution in [3.8, 4) is 5.69 Å². The third-order valence-corrected chi connectivity index (χ3v) is 7.20. The summed E-state index contributed by atoms with van der Waals surface area (Å²) in [6.45, 7) is 3.25. The van der Waals surface area contributed by atoms with Crippen molar-refractivity contribution in [2.45, 2.75) is 24.9 Å². The molecule has 2 unspecified atom stereocenters. The Morgan fingerprint density at radius 1 is 1.18 bits per heavy atom. The van der Waals surface area contributed by atoms with E-state index in [0.717, 1.165) is 13.1 Å². The first-order valence-electron chi connectivity index (χ1n) is 12.4. The highest BCUT2D eigenvalue weighted by molar-refractivity contribution is 6.31. The standard InChI is InChI=1S/C26H27Cl2N7O3/c27-19-3-1-2-4-21(14-19)30-26(37)24-15-22(33-9-11-38-12-10-33)16-34(24)25(36)8-5-18-13-20(28)6-7-23(18)35-17-29-31-32-35/h1,3-8,13-14,17,22,24H,2,9-12,15-16H2,(H,30,37)/b8-5+. The predicted molar refractivity (Wildman–Crippen MR) is 143 cm³/mol. The number of rotatable bonds is 6. The number of morpholine rings is 1. The van der Waals surface area contributed by atoms with Crippen LogP contribution < -0.4 is 5.32 Å². The maximum absolute atomic E-state index is 13.5. The molecule has 3 aliphatic rings. The fraction of sp³-hybridized carbons (Fsp3) is 0.346. The quantitative estimate of drug-likeness (QED) is 0.546. The predicted octanol–water partition coefficient (Wildman–Crippen LogP) is 2.71. The van der Waals surface area contributed by atoms with Crippen LogP contribution in [0.2, 0.25) is 5.02 Å². The van der Waals surface area contributed by atoms with Crippen molar-refractivity contribution in [3.63, 3.8) is 0 Å². The van der Waals surface area contributed by atoms with E-state index in [0.29, 0.717) is 59.6 Å². The number of likely N-dealkylation sites (tertiary alicyclic amines) is 1. The lowest BCUT2D eigenvalue weighted by atomic mass is 10.1. The summed E-state index contributed by atoms with van der Waals surface area (Å²) >= 11 is 12.4. The Labute approximate surface area is 230 Å². The number of benzene rings is 1. The maximum atomic E-state index is 13.5. The molecule has 2 saturated heterocycles. The first kappa shape index (κ1) is 26.3. The molecule has 2 aliphatic heterocycles. The van der Waals surface area contributed by atoms with Gasteiger partial charge in [-0.2, -0.15) is 4.68 Å². The Hall–Kier alpha value is -3.31. The number of hydrogen-bond donors (Lipinski definition) is 1. The second-order valence-electron chi connectivity index (χ2n) is 9.15. The van der Waals surface area contributed by atoms with Crippen molar-refractivity contribution in [1.82, 2.24) is 35.3 Å². The van der Waals surface area contributed by atoms with Crippen LogP contribution in [-0.2, 0) is 14.3 Å². The van der Waals surface area contributed by atoms with Gasteiger partial charge in [0.15, 0.2) is 0 Å². The number of aromatic nitrogens is 4. The zero-order valence-electron chi connectivity index (χ0n) is 20.5. The lowest BCUT2D eigenvalue weighted by molar-refractivity contribution is -0.134. The fourth-order valence-corrected chi connectivity index (χ4v) is 5.24. The number of carbonyl (C=O) groups excluding carboxylic acids is 2. The number of carbonyl (C=O) groups is 2. The molecule has 2 atom stereocenters. The third kappa shape index (κ3) is 6.21. The Bertz CT molecular complexity index is 1300.